The summed E-state index contributed by atoms with van der Waals surface area (Å²) in [5, 5.41) is 14.3. The Kier molecular flexibility index (Phi) is 4.99. The summed E-state index contributed by atoms with van der Waals surface area (Å²) in [5.41, 5.74) is 0.408. The van der Waals surface area contributed by atoms with Crippen LogP contribution in [0.4, 0.5) is 0 Å². The van der Waals surface area contributed by atoms with Crippen LogP contribution in [0.5, 0.6) is 0 Å². The van der Waals surface area contributed by atoms with Gasteiger partial charge in [-0.1, -0.05) is 26.7 Å². The van der Waals surface area contributed by atoms with Crippen molar-refractivity contribution < 1.29 is 9.90 Å². The van der Waals surface area contributed by atoms with Gasteiger partial charge in [0.2, 0.25) is 0 Å². The number of thiophene rings is 1. The van der Waals surface area contributed by atoms with Crippen LogP contribution in [0.1, 0.15) is 54.8 Å². The average molecular weight is 281 g/mol. The van der Waals surface area contributed by atoms with Crippen molar-refractivity contribution in [2.75, 3.05) is 0 Å². The Morgan fingerprint density at radius 3 is 2.84 bits per heavy atom. The first-order valence-corrected chi connectivity index (χ1v) is 8.00. The van der Waals surface area contributed by atoms with Crippen LogP contribution in [0.25, 0.3) is 0 Å². The van der Waals surface area contributed by atoms with E-state index < -0.39 is 5.97 Å². The molecule has 0 amide bonds. The quantitative estimate of drug-likeness (QED) is 0.864. The number of rotatable bonds is 5. The molecule has 0 radical (unpaired) electrons. The molecule has 1 saturated carbocycles. The first-order valence-electron chi connectivity index (χ1n) is 7.12. The number of carboxylic acids is 1. The lowest BCUT2D eigenvalue weighted by molar-refractivity contribution is 0.0697. The van der Waals surface area contributed by atoms with Crippen LogP contribution in [-0.2, 0) is 6.54 Å². The molecular weight excluding hydrogens is 258 g/mol. The Balaban J connectivity index is 1.90. The van der Waals surface area contributed by atoms with Crippen LogP contribution in [-0.4, -0.2) is 17.1 Å². The number of hydrogen-bond donors (Lipinski definition) is 2. The fraction of sp³-hybridized carbons (Fsp3) is 0.667. The van der Waals surface area contributed by atoms with Gasteiger partial charge in [0.25, 0.3) is 0 Å². The van der Waals surface area contributed by atoms with Crippen LogP contribution in [0, 0.1) is 11.8 Å². The highest BCUT2D eigenvalue weighted by Crippen LogP contribution is 2.30. The number of aromatic carboxylic acids is 1. The van der Waals surface area contributed by atoms with E-state index in [1.54, 1.807) is 11.4 Å². The normalized spacial score (nSPS) is 23.7. The molecule has 1 aromatic heterocycles. The predicted molar refractivity (Wildman–Crippen MR) is 78.7 cm³/mol. The lowest BCUT2D eigenvalue weighted by Crippen LogP contribution is -2.40. The second-order valence-electron chi connectivity index (χ2n) is 5.79. The van der Waals surface area contributed by atoms with E-state index in [1.165, 1.54) is 37.0 Å². The zero-order chi connectivity index (χ0) is 13.8. The molecule has 106 valence electrons. The fourth-order valence-electron chi connectivity index (χ4n) is 3.03. The van der Waals surface area contributed by atoms with Gasteiger partial charge in [-0.2, -0.15) is 0 Å². The molecule has 0 saturated heterocycles. The monoisotopic (exact) mass is 281 g/mol. The van der Waals surface area contributed by atoms with Gasteiger partial charge in [0.1, 0.15) is 0 Å². The van der Waals surface area contributed by atoms with Gasteiger partial charge in [0.05, 0.1) is 5.56 Å². The van der Waals surface area contributed by atoms with E-state index in [-0.39, 0.29) is 0 Å². The Morgan fingerprint density at radius 2 is 2.21 bits per heavy atom. The molecule has 1 fully saturated rings. The van der Waals surface area contributed by atoms with Crippen LogP contribution in [0.15, 0.2) is 11.4 Å². The van der Waals surface area contributed by atoms with Crippen molar-refractivity contribution >= 4 is 17.3 Å². The van der Waals surface area contributed by atoms with E-state index in [9.17, 15) is 4.79 Å². The van der Waals surface area contributed by atoms with E-state index in [4.69, 9.17) is 5.11 Å². The van der Waals surface area contributed by atoms with E-state index in [1.807, 2.05) is 0 Å². The second kappa shape index (κ2) is 6.53. The van der Waals surface area contributed by atoms with E-state index in [0.29, 0.717) is 11.6 Å². The van der Waals surface area contributed by atoms with Gasteiger partial charge in [0, 0.05) is 22.8 Å². The van der Waals surface area contributed by atoms with Crippen LogP contribution >= 0.6 is 11.3 Å². The summed E-state index contributed by atoms with van der Waals surface area (Å²) in [4.78, 5) is 12.0. The third kappa shape index (κ3) is 3.80. The molecule has 1 heterocycles. The molecule has 3 nitrogen and oxygen atoms in total. The van der Waals surface area contributed by atoms with Crippen molar-refractivity contribution in [3.05, 3.63) is 21.9 Å². The zero-order valence-electron chi connectivity index (χ0n) is 11.7. The number of carbonyl (C=O) groups is 1. The number of nitrogens with one attached hydrogen (secondary N) is 1. The maximum atomic E-state index is 10.8. The van der Waals surface area contributed by atoms with Crippen LogP contribution < -0.4 is 5.32 Å². The highest BCUT2D eigenvalue weighted by atomic mass is 32.1. The molecule has 1 aliphatic carbocycles. The van der Waals surface area contributed by atoms with Gasteiger partial charge in [-0.3, -0.25) is 0 Å². The topological polar surface area (TPSA) is 49.3 Å². The Morgan fingerprint density at radius 1 is 1.47 bits per heavy atom. The van der Waals surface area contributed by atoms with Gasteiger partial charge in [-0.05, 0) is 30.7 Å². The van der Waals surface area contributed by atoms with E-state index in [2.05, 4.69) is 19.2 Å². The van der Waals surface area contributed by atoms with Crippen LogP contribution in [0.2, 0.25) is 0 Å². The molecule has 0 aliphatic heterocycles. The largest absolute Gasteiger partial charge is 0.478 e. The molecule has 2 unspecified atom stereocenters. The number of carboxylic acid groups (broad SMARTS) is 1. The molecule has 19 heavy (non-hydrogen) atoms. The molecule has 2 rings (SSSR count). The minimum Gasteiger partial charge on any atom is -0.478 e. The second-order valence-corrected chi connectivity index (χ2v) is 6.78. The van der Waals surface area contributed by atoms with Gasteiger partial charge in [-0.15, -0.1) is 11.3 Å². The summed E-state index contributed by atoms with van der Waals surface area (Å²) in [7, 11) is 0. The first-order chi connectivity index (χ1) is 9.08. The fourth-order valence-corrected chi connectivity index (χ4v) is 3.84. The SMILES string of the molecule is CC(C)C1CCCCC1NCc1cc(C(=O)O)cs1. The Hall–Kier alpha value is -0.870. The van der Waals surface area contributed by atoms with E-state index in [0.717, 1.165) is 23.3 Å². The molecule has 2 N–H and O–H groups in total. The number of hydrogen-bond acceptors (Lipinski definition) is 3. The molecule has 0 bridgehead atoms. The van der Waals surface area contributed by atoms with Crippen molar-refractivity contribution in [2.45, 2.75) is 52.1 Å². The van der Waals surface area contributed by atoms with Crippen molar-refractivity contribution in [1.82, 2.24) is 5.32 Å². The van der Waals surface area contributed by atoms with Crippen molar-refractivity contribution in [2.24, 2.45) is 11.8 Å². The third-order valence-electron chi connectivity index (χ3n) is 4.11. The molecule has 2 atom stereocenters. The zero-order valence-corrected chi connectivity index (χ0v) is 12.5. The maximum Gasteiger partial charge on any atom is 0.336 e. The molecule has 4 heteroatoms. The standard InChI is InChI=1S/C15H23NO2S/c1-10(2)13-5-3-4-6-14(13)16-8-12-7-11(9-19-12)15(17)18/h7,9-10,13-14,16H,3-6,8H2,1-2H3,(H,17,18). The lowest BCUT2D eigenvalue weighted by atomic mass is 9.78. The molecule has 0 spiro atoms. The summed E-state index contributed by atoms with van der Waals surface area (Å²) >= 11 is 1.53. The smallest absolute Gasteiger partial charge is 0.336 e. The average Bonchev–Trinajstić information content (AvgIpc) is 2.85. The highest BCUT2D eigenvalue weighted by Gasteiger charge is 2.27. The van der Waals surface area contributed by atoms with Crippen molar-refractivity contribution in [3.63, 3.8) is 0 Å². The summed E-state index contributed by atoms with van der Waals surface area (Å²) in [6.45, 7) is 5.41. The van der Waals surface area contributed by atoms with Gasteiger partial charge in [0.15, 0.2) is 0 Å². The summed E-state index contributed by atoms with van der Waals surface area (Å²) in [6.07, 6.45) is 5.23. The highest BCUT2D eigenvalue weighted by molar-refractivity contribution is 7.10. The van der Waals surface area contributed by atoms with Gasteiger partial charge >= 0.3 is 5.97 Å². The Bertz CT molecular complexity index is 428. The first kappa shape index (κ1) is 14.5. The van der Waals surface area contributed by atoms with Crippen molar-refractivity contribution in [3.8, 4) is 0 Å². The van der Waals surface area contributed by atoms with Crippen LogP contribution in [0.3, 0.4) is 0 Å². The van der Waals surface area contributed by atoms with Gasteiger partial charge in [-0.25, -0.2) is 4.79 Å². The van der Waals surface area contributed by atoms with Gasteiger partial charge < -0.3 is 10.4 Å². The Labute approximate surface area is 119 Å². The predicted octanol–water partition coefficient (Wildman–Crippen LogP) is 3.75. The third-order valence-corrected chi connectivity index (χ3v) is 5.05. The molecule has 0 aromatic carbocycles. The summed E-state index contributed by atoms with van der Waals surface area (Å²) in [5.74, 6) is 0.642. The lowest BCUT2D eigenvalue weighted by Gasteiger charge is -2.35. The minimum absolute atomic E-state index is 0.408. The molecule has 1 aliphatic rings. The minimum atomic E-state index is -0.833. The van der Waals surface area contributed by atoms with Crippen molar-refractivity contribution in [1.29, 1.82) is 0 Å². The van der Waals surface area contributed by atoms with E-state index >= 15 is 0 Å². The molecule has 1 aromatic rings. The molecular formula is C15H23NO2S. The summed E-state index contributed by atoms with van der Waals surface area (Å²) in [6, 6.07) is 2.37. The summed E-state index contributed by atoms with van der Waals surface area (Å²) < 4.78 is 0. The maximum absolute atomic E-state index is 10.8.